The van der Waals surface area contributed by atoms with Crippen molar-refractivity contribution in [3.05, 3.63) is 11.1 Å². The van der Waals surface area contributed by atoms with Gasteiger partial charge in [-0.1, -0.05) is 0 Å². The van der Waals surface area contributed by atoms with Crippen molar-refractivity contribution in [2.24, 2.45) is 0 Å². The van der Waals surface area contributed by atoms with Crippen LogP contribution in [-0.2, 0) is 33.3 Å². The normalized spacial score (nSPS) is 23.7. The molecule has 3 rings (SSSR count). The highest BCUT2D eigenvalue weighted by molar-refractivity contribution is 9.10. The van der Waals surface area contributed by atoms with Gasteiger partial charge in [0.05, 0.1) is 0 Å². The summed E-state index contributed by atoms with van der Waals surface area (Å²) in [5.41, 5.74) is 6.46. The largest absolute Gasteiger partial charge is 0.463 e. The number of nitrogens with two attached hydrogens (primary N) is 1. The third-order valence-corrected chi connectivity index (χ3v) is 4.62. The van der Waals surface area contributed by atoms with Crippen molar-refractivity contribution in [2.45, 2.75) is 45.3 Å². The van der Waals surface area contributed by atoms with Gasteiger partial charge < -0.3 is 24.7 Å². The van der Waals surface area contributed by atoms with E-state index in [1.54, 1.807) is 0 Å². The number of ether oxygens (including phenoxy) is 4. The summed E-state index contributed by atoms with van der Waals surface area (Å²) >= 11 is 3.32. The molecule has 0 aliphatic carbocycles. The Bertz CT molecular complexity index is 965. The molecule has 2 aromatic heterocycles. The third kappa shape index (κ3) is 4.29. The Labute approximate surface area is 172 Å². The number of aromatic nitrogens is 4. The fourth-order valence-electron chi connectivity index (χ4n) is 3.03. The summed E-state index contributed by atoms with van der Waals surface area (Å²) in [7, 11) is 0. The molecule has 0 amide bonds. The lowest BCUT2D eigenvalue weighted by Crippen LogP contribution is -2.40. The lowest BCUT2D eigenvalue weighted by atomic mass is 10.1. The van der Waals surface area contributed by atoms with E-state index in [1.807, 2.05) is 0 Å². The van der Waals surface area contributed by atoms with E-state index in [1.165, 1.54) is 31.7 Å². The summed E-state index contributed by atoms with van der Waals surface area (Å²) in [5.74, 6) is -1.64. The van der Waals surface area contributed by atoms with Crippen molar-refractivity contribution < 1.29 is 33.3 Å². The van der Waals surface area contributed by atoms with Crippen LogP contribution in [0.4, 0.5) is 5.82 Å². The Morgan fingerprint density at radius 2 is 1.79 bits per heavy atom. The number of fused-ring (bicyclic) bond motifs is 1. The second kappa shape index (κ2) is 8.29. The standard InChI is InChI=1S/C16H18BrN5O7/c1-6(23)26-4-9-11(27-7(2)24)12(28-8(3)25)15(29-9)22-14-10(21-16(22)17)13(18)19-5-20-14/h5,9,11-12,15H,4H2,1-3H3,(H2,18,19,20)/t9-,11-,12+,15-/m1/s1. The minimum absolute atomic E-state index is 0.143. The van der Waals surface area contributed by atoms with Gasteiger partial charge in [-0.2, -0.15) is 0 Å². The quantitative estimate of drug-likeness (QED) is 0.367. The molecule has 2 aromatic rings. The van der Waals surface area contributed by atoms with Crippen LogP contribution in [0.3, 0.4) is 0 Å². The number of carbonyl (C=O) groups is 3. The first kappa shape index (κ1) is 20.9. The summed E-state index contributed by atoms with van der Waals surface area (Å²) < 4.78 is 23.5. The van der Waals surface area contributed by atoms with Gasteiger partial charge in [0.1, 0.15) is 19.0 Å². The summed E-state index contributed by atoms with van der Waals surface area (Å²) in [6.07, 6.45) is -2.76. The van der Waals surface area contributed by atoms with Crippen LogP contribution in [0.25, 0.3) is 11.2 Å². The molecule has 0 spiro atoms. The van der Waals surface area contributed by atoms with Gasteiger partial charge in [-0.15, -0.1) is 0 Å². The molecular formula is C16H18BrN5O7. The molecule has 12 nitrogen and oxygen atoms in total. The Morgan fingerprint density at radius 1 is 1.14 bits per heavy atom. The molecule has 0 radical (unpaired) electrons. The molecular weight excluding hydrogens is 454 g/mol. The smallest absolute Gasteiger partial charge is 0.303 e. The molecule has 2 N–H and O–H groups in total. The van der Waals surface area contributed by atoms with Gasteiger partial charge in [-0.05, 0) is 15.9 Å². The molecule has 156 valence electrons. The van der Waals surface area contributed by atoms with Gasteiger partial charge in [0.25, 0.3) is 0 Å². The van der Waals surface area contributed by atoms with Crippen molar-refractivity contribution in [1.29, 1.82) is 0 Å². The lowest BCUT2D eigenvalue weighted by Gasteiger charge is -2.24. The van der Waals surface area contributed by atoms with Gasteiger partial charge in [-0.3, -0.25) is 19.0 Å². The van der Waals surface area contributed by atoms with Crippen molar-refractivity contribution in [2.75, 3.05) is 12.3 Å². The highest BCUT2D eigenvalue weighted by Crippen LogP contribution is 2.38. The predicted molar refractivity (Wildman–Crippen MR) is 99.1 cm³/mol. The van der Waals surface area contributed by atoms with Crippen molar-refractivity contribution >= 4 is 50.8 Å². The van der Waals surface area contributed by atoms with E-state index in [-0.39, 0.29) is 17.2 Å². The maximum absolute atomic E-state index is 11.7. The topological polar surface area (TPSA) is 158 Å². The van der Waals surface area contributed by atoms with Crippen LogP contribution in [0.15, 0.2) is 11.1 Å². The van der Waals surface area contributed by atoms with E-state index in [0.717, 1.165) is 0 Å². The van der Waals surface area contributed by atoms with Crippen LogP contribution in [0.2, 0.25) is 0 Å². The second-order valence-electron chi connectivity index (χ2n) is 6.20. The molecule has 0 saturated carbocycles. The highest BCUT2D eigenvalue weighted by atomic mass is 79.9. The van der Waals surface area contributed by atoms with Crippen LogP contribution < -0.4 is 5.73 Å². The number of esters is 3. The molecule has 0 aromatic carbocycles. The molecule has 0 unspecified atom stereocenters. The van der Waals surface area contributed by atoms with Crippen LogP contribution in [-0.4, -0.2) is 62.3 Å². The van der Waals surface area contributed by atoms with Gasteiger partial charge in [-0.25, -0.2) is 15.0 Å². The maximum Gasteiger partial charge on any atom is 0.303 e. The monoisotopic (exact) mass is 471 g/mol. The molecule has 4 atom stereocenters. The fourth-order valence-corrected chi connectivity index (χ4v) is 3.57. The molecule has 1 fully saturated rings. The molecule has 1 aliphatic heterocycles. The van der Waals surface area contributed by atoms with E-state index in [0.29, 0.717) is 11.2 Å². The van der Waals surface area contributed by atoms with Gasteiger partial charge in [0.15, 0.2) is 40.2 Å². The number of imidazole rings is 1. The van der Waals surface area contributed by atoms with Crippen molar-refractivity contribution in [1.82, 2.24) is 19.5 Å². The molecule has 0 bridgehead atoms. The number of anilines is 1. The number of rotatable bonds is 5. The number of nitrogens with zero attached hydrogens (tertiary/aromatic N) is 4. The minimum atomic E-state index is -1.07. The maximum atomic E-state index is 11.7. The van der Waals surface area contributed by atoms with E-state index < -0.39 is 42.4 Å². The first-order valence-electron chi connectivity index (χ1n) is 8.46. The number of nitrogen functional groups attached to an aromatic ring is 1. The summed E-state index contributed by atoms with van der Waals surface area (Å²) in [6, 6.07) is 0. The highest BCUT2D eigenvalue weighted by Gasteiger charge is 2.51. The Morgan fingerprint density at radius 3 is 2.41 bits per heavy atom. The number of carbonyl (C=O) groups excluding carboxylic acids is 3. The Kier molecular flexibility index (Phi) is 5.98. The van der Waals surface area contributed by atoms with Crippen LogP contribution in [0.1, 0.15) is 27.0 Å². The van der Waals surface area contributed by atoms with Gasteiger partial charge >= 0.3 is 17.9 Å². The third-order valence-electron chi connectivity index (χ3n) is 4.06. The average Bonchev–Trinajstić information content (AvgIpc) is 3.11. The zero-order valence-electron chi connectivity index (χ0n) is 15.7. The summed E-state index contributed by atoms with van der Waals surface area (Å²) in [4.78, 5) is 47.0. The molecule has 29 heavy (non-hydrogen) atoms. The first-order valence-corrected chi connectivity index (χ1v) is 9.25. The van der Waals surface area contributed by atoms with Crippen molar-refractivity contribution in [3.63, 3.8) is 0 Å². The zero-order valence-corrected chi connectivity index (χ0v) is 17.3. The Balaban J connectivity index is 2.07. The van der Waals surface area contributed by atoms with Crippen LogP contribution in [0, 0.1) is 0 Å². The second-order valence-corrected chi connectivity index (χ2v) is 6.91. The lowest BCUT2D eigenvalue weighted by molar-refractivity contribution is -0.166. The number of hydrogen-bond donors (Lipinski definition) is 1. The molecule has 3 heterocycles. The number of halogens is 1. The molecule has 13 heteroatoms. The minimum Gasteiger partial charge on any atom is -0.463 e. The summed E-state index contributed by atoms with van der Waals surface area (Å²) in [5, 5.41) is 0. The summed E-state index contributed by atoms with van der Waals surface area (Å²) in [6.45, 7) is 3.43. The van der Waals surface area contributed by atoms with Crippen LogP contribution >= 0.6 is 15.9 Å². The van der Waals surface area contributed by atoms with E-state index in [4.69, 9.17) is 24.7 Å². The van der Waals surface area contributed by atoms with E-state index >= 15 is 0 Å². The average molecular weight is 472 g/mol. The zero-order chi connectivity index (χ0) is 21.3. The first-order chi connectivity index (χ1) is 13.7. The van der Waals surface area contributed by atoms with Crippen molar-refractivity contribution in [3.8, 4) is 0 Å². The predicted octanol–water partition coefficient (Wildman–Crippen LogP) is 0.495. The van der Waals surface area contributed by atoms with Gasteiger partial charge in [0.2, 0.25) is 0 Å². The molecule has 1 aliphatic rings. The fraction of sp³-hybridized carbons (Fsp3) is 0.500. The Hall–Kier alpha value is -2.80. The van der Waals surface area contributed by atoms with Crippen LogP contribution in [0.5, 0.6) is 0 Å². The molecule has 1 saturated heterocycles. The van der Waals surface area contributed by atoms with E-state index in [9.17, 15) is 14.4 Å². The van der Waals surface area contributed by atoms with E-state index in [2.05, 4.69) is 30.9 Å². The van der Waals surface area contributed by atoms with Gasteiger partial charge in [0, 0.05) is 20.8 Å². The SMILES string of the molecule is CC(=O)OC[C@H]1O[C@@H](n2c(Br)nc3c(N)ncnc32)[C@@H](OC(C)=O)[C@@H]1OC(C)=O. The number of hydrogen-bond acceptors (Lipinski definition) is 11.